The first-order valence-corrected chi connectivity index (χ1v) is 11.8. The van der Waals surface area contributed by atoms with Gasteiger partial charge in [-0.25, -0.2) is 8.42 Å². The largest absolute Gasteiger partial charge is 0.493 e. The lowest BCUT2D eigenvalue weighted by atomic mass is 10.0. The molecule has 0 radical (unpaired) electrons. The molecule has 2 fully saturated rings. The fraction of sp³-hybridized carbons (Fsp3) is 0.632. The van der Waals surface area contributed by atoms with Crippen molar-refractivity contribution in [3.63, 3.8) is 0 Å². The number of carbonyl (C=O) groups excluding carboxylic acids is 1. The summed E-state index contributed by atoms with van der Waals surface area (Å²) in [6.07, 6.45) is 3.28. The second kappa shape index (κ2) is 8.88. The third-order valence-corrected chi connectivity index (χ3v) is 7.28. The lowest BCUT2D eigenvalue weighted by molar-refractivity contribution is 0.0899. The Morgan fingerprint density at radius 2 is 1.96 bits per heavy atom. The molecule has 3 rings (SSSR count). The zero-order chi connectivity index (χ0) is 20.3. The van der Waals surface area contributed by atoms with E-state index < -0.39 is 15.9 Å². The molecule has 2 saturated heterocycles. The fourth-order valence-electron chi connectivity index (χ4n) is 3.96. The van der Waals surface area contributed by atoms with E-state index in [1.54, 1.807) is 6.07 Å². The van der Waals surface area contributed by atoms with E-state index in [9.17, 15) is 13.2 Å². The monoisotopic (exact) mass is 430 g/mol. The van der Waals surface area contributed by atoms with E-state index in [-0.39, 0.29) is 28.5 Å². The second-order valence-corrected chi connectivity index (χ2v) is 9.80. The van der Waals surface area contributed by atoms with Gasteiger partial charge < -0.3 is 14.8 Å². The Morgan fingerprint density at radius 1 is 1.25 bits per heavy atom. The van der Waals surface area contributed by atoms with Crippen molar-refractivity contribution in [2.24, 2.45) is 0 Å². The van der Waals surface area contributed by atoms with E-state index in [0.29, 0.717) is 23.7 Å². The molecule has 7 nitrogen and oxygen atoms in total. The summed E-state index contributed by atoms with van der Waals surface area (Å²) >= 11 is 6.26. The van der Waals surface area contributed by atoms with Gasteiger partial charge in [0.15, 0.2) is 21.3 Å². The molecule has 0 saturated carbocycles. The quantitative estimate of drug-likeness (QED) is 0.744. The lowest BCUT2D eigenvalue weighted by Gasteiger charge is -2.35. The molecule has 0 aliphatic carbocycles. The maximum absolute atomic E-state index is 12.9. The van der Waals surface area contributed by atoms with Crippen LogP contribution >= 0.6 is 11.6 Å². The molecule has 2 unspecified atom stereocenters. The molecule has 1 aromatic rings. The summed E-state index contributed by atoms with van der Waals surface area (Å²) in [4.78, 5) is 15.0. The first-order valence-electron chi connectivity index (χ1n) is 9.60. The minimum absolute atomic E-state index is 0.0399. The Hall–Kier alpha value is -1.51. The second-order valence-electron chi connectivity index (χ2n) is 7.24. The molecule has 2 aliphatic heterocycles. The number of carbonyl (C=O) groups is 1. The first kappa shape index (κ1) is 21.2. The Labute approximate surface area is 171 Å². The lowest BCUT2D eigenvalue weighted by Crippen LogP contribution is -2.52. The average Bonchev–Trinajstić information content (AvgIpc) is 2.98. The molecular formula is C19H27ClN2O5S. The number of halogens is 1. The summed E-state index contributed by atoms with van der Waals surface area (Å²) in [5.74, 6) is 0.434. The van der Waals surface area contributed by atoms with Gasteiger partial charge in [0.05, 0.1) is 36.3 Å². The number of methoxy groups -OCH3 is 1. The Balaban J connectivity index is 1.79. The van der Waals surface area contributed by atoms with Crippen LogP contribution < -0.4 is 14.8 Å². The SMILES string of the molecule is CCOc1c(Cl)cc(C(=O)NC2CS(=O)(=O)CC2N2CCCCC2)cc1OC. The van der Waals surface area contributed by atoms with Crippen LogP contribution in [0.25, 0.3) is 0 Å². The maximum atomic E-state index is 12.9. The Kier molecular flexibility index (Phi) is 6.73. The van der Waals surface area contributed by atoms with Gasteiger partial charge in [-0.2, -0.15) is 0 Å². The number of sulfone groups is 1. The van der Waals surface area contributed by atoms with Crippen molar-refractivity contribution in [1.82, 2.24) is 10.2 Å². The van der Waals surface area contributed by atoms with E-state index in [0.717, 1.165) is 32.4 Å². The third kappa shape index (κ3) is 4.72. The first-order chi connectivity index (χ1) is 13.3. The number of nitrogens with zero attached hydrogens (tertiary/aromatic N) is 1. The molecule has 1 N–H and O–H groups in total. The fourth-order valence-corrected chi connectivity index (χ4v) is 6.18. The summed E-state index contributed by atoms with van der Waals surface area (Å²) < 4.78 is 35.3. The van der Waals surface area contributed by atoms with Gasteiger partial charge in [-0.05, 0) is 45.0 Å². The number of nitrogens with one attached hydrogen (secondary N) is 1. The van der Waals surface area contributed by atoms with E-state index in [1.165, 1.54) is 13.2 Å². The van der Waals surface area contributed by atoms with Crippen LogP contribution in [-0.2, 0) is 9.84 Å². The van der Waals surface area contributed by atoms with Crippen molar-refractivity contribution in [1.29, 1.82) is 0 Å². The number of likely N-dealkylation sites (tertiary alicyclic amines) is 1. The third-order valence-electron chi connectivity index (χ3n) is 5.28. The highest BCUT2D eigenvalue weighted by molar-refractivity contribution is 7.91. The average molecular weight is 431 g/mol. The van der Waals surface area contributed by atoms with Crippen molar-refractivity contribution in [3.8, 4) is 11.5 Å². The molecule has 9 heteroatoms. The van der Waals surface area contributed by atoms with Crippen molar-refractivity contribution in [2.75, 3.05) is 38.3 Å². The van der Waals surface area contributed by atoms with Gasteiger partial charge in [-0.3, -0.25) is 9.69 Å². The van der Waals surface area contributed by atoms with Gasteiger partial charge in [-0.15, -0.1) is 0 Å². The van der Waals surface area contributed by atoms with Crippen LogP contribution in [-0.4, -0.2) is 69.6 Å². The molecular weight excluding hydrogens is 404 g/mol. The predicted octanol–water partition coefficient (Wildman–Crippen LogP) is 2.13. The van der Waals surface area contributed by atoms with E-state index >= 15 is 0 Å². The van der Waals surface area contributed by atoms with Gasteiger partial charge in [-0.1, -0.05) is 18.0 Å². The highest BCUT2D eigenvalue weighted by atomic mass is 35.5. The van der Waals surface area contributed by atoms with Gasteiger partial charge in [0.25, 0.3) is 5.91 Å². The predicted molar refractivity (Wildman–Crippen MR) is 108 cm³/mol. The van der Waals surface area contributed by atoms with Crippen molar-refractivity contribution < 1.29 is 22.7 Å². The molecule has 2 atom stereocenters. The number of hydrogen-bond acceptors (Lipinski definition) is 6. The normalized spacial score (nSPS) is 24.7. The van der Waals surface area contributed by atoms with Crippen molar-refractivity contribution in [2.45, 2.75) is 38.3 Å². The summed E-state index contributed by atoms with van der Waals surface area (Å²) in [7, 11) is -1.71. The highest BCUT2D eigenvalue weighted by Gasteiger charge is 2.42. The molecule has 156 valence electrons. The number of rotatable bonds is 6. The minimum atomic E-state index is -3.18. The van der Waals surface area contributed by atoms with Gasteiger partial charge >= 0.3 is 0 Å². The summed E-state index contributed by atoms with van der Waals surface area (Å²) in [6.45, 7) is 3.99. The van der Waals surface area contributed by atoms with Crippen LogP contribution in [0.15, 0.2) is 12.1 Å². The standard InChI is InChI=1S/C19H27ClN2O5S/c1-3-27-18-14(20)9-13(10-17(18)26-2)19(23)21-15-11-28(24,25)12-16(15)22-7-5-4-6-8-22/h9-10,15-16H,3-8,11-12H2,1-2H3,(H,21,23). The maximum Gasteiger partial charge on any atom is 0.251 e. The smallest absolute Gasteiger partial charge is 0.251 e. The van der Waals surface area contributed by atoms with Crippen LogP contribution in [0.3, 0.4) is 0 Å². The minimum Gasteiger partial charge on any atom is -0.493 e. The van der Waals surface area contributed by atoms with Crippen LogP contribution in [0.2, 0.25) is 5.02 Å². The molecule has 2 aliphatic rings. The van der Waals surface area contributed by atoms with Gasteiger partial charge in [0, 0.05) is 11.6 Å². The summed E-state index contributed by atoms with van der Waals surface area (Å²) in [5.41, 5.74) is 0.312. The number of hydrogen-bond donors (Lipinski definition) is 1. The molecule has 0 spiro atoms. The van der Waals surface area contributed by atoms with E-state index in [1.807, 2.05) is 6.92 Å². The zero-order valence-electron chi connectivity index (χ0n) is 16.2. The summed E-state index contributed by atoms with van der Waals surface area (Å²) in [5, 5.41) is 3.19. The Morgan fingerprint density at radius 3 is 2.61 bits per heavy atom. The van der Waals surface area contributed by atoms with Gasteiger partial charge in [0.2, 0.25) is 0 Å². The molecule has 28 heavy (non-hydrogen) atoms. The van der Waals surface area contributed by atoms with E-state index in [4.69, 9.17) is 21.1 Å². The topological polar surface area (TPSA) is 84.9 Å². The number of benzene rings is 1. The molecule has 1 amide bonds. The number of amides is 1. The van der Waals surface area contributed by atoms with Gasteiger partial charge in [0.1, 0.15) is 0 Å². The van der Waals surface area contributed by atoms with Crippen LogP contribution in [0.5, 0.6) is 11.5 Å². The van der Waals surface area contributed by atoms with Crippen LogP contribution in [0.4, 0.5) is 0 Å². The van der Waals surface area contributed by atoms with E-state index in [2.05, 4.69) is 10.2 Å². The molecule has 0 bridgehead atoms. The highest BCUT2D eigenvalue weighted by Crippen LogP contribution is 2.36. The molecule has 1 aromatic carbocycles. The summed E-state index contributed by atoms with van der Waals surface area (Å²) in [6, 6.07) is 2.45. The number of ether oxygens (including phenoxy) is 2. The van der Waals surface area contributed by atoms with Crippen LogP contribution in [0, 0.1) is 0 Å². The molecule has 0 aromatic heterocycles. The molecule has 2 heterocycles. The Bertz CT molecular complexity index is 824. The van der Waals surface area contributed by atoms with Crippen LogP contribution in [0.1, 0.15) is 36.5 Å². The number of piperidine rings is 1. The van der Waals surface area contributed by atoms with Crippen molar-refractivity contribution >= 4 is 27.3 Å². The van der Waals surface area contributed by atoms with Crippen molar-refractivity contribution in [3.05, 3.63) is 22.7 Å². The zero-order valence-corrected chi connectivity index (χ0v) is 17.8.